The Morgan fingerprint density at radius 1 is 0.969 bits per heavy atom. The van der Waals surface area contributed by atoms with Crippen molar-refractivity contribution < 1.29 is 4.79 Å². The highest BCUT2D eigenvalue weighted by Gasteiger charge is 2.13. The highest BCUT2D eigenvalue weighted by molar-refractivity contribution is 5.78. The minimum Gasteiger partial charge on any atom is -0.356 e. The molecule has 0 bridgehead atoms. The van der Waals surface area contributed by atoms with Gasteiger partial charge in [0.25, 0.3) is 5.56 Å². The molecule has 0 aliphatic rings. The normalized spacial score (nSPS) is 11.2. The second kappa shape index (κ2) is 10.9. The lowest BCUT2D eigenvalue weighted by molar-refractivity contribution is -0.121. The van der Waals surface area contributed by atoms with E-state index in [9.17, 15) is 14.4 Å². The monoisotopic (exact) mass is 435 g/mol. The van der Waals surface area contributed by atoms with Crippen molar-refractivity contribution in [3.8, 4) is 0 Å². The Kier molecular flexibility index (Phi) is 8.03. The van der Waals surface area contributed by atoms with E-state index in [0.717, 1.165) is 17.5 Å². The molecule has 0 fully saturated rings. The van der Waals surface area contributed by atoms with E-state index in [0.29, 0.717) is 55.7 Å². The van der Waals surface area contributed by atoms with Crippen LogP contribution in [0.4, 0.5) is 0 Å². The number of benzene rings is 2. The van der Waals surface area contributed by atoms with E-state index < -0.39 is 0 Å². The fourth-order valence-corrected chi connectivity index (χ4v) is 3.74. The molecule has 32 heavy (non-hydrogen) atoms. The summed E-state index contributed by atoms with van der Waals surface area (Å²) in [7, 11) is 0. The first-order valence-electron chi connectivity index (χ1n) is 11.4. The van der Waals surface area contributed by atoms with E-state index >= 15 is 0 Å². The Balaban J connectivity index is 1.75. The van der Waals surface area contributed by atoms with E-state index in [2.05, 4.69) is 19.2 Å². The van der Waals surface area contributed by atoms with Gasteiger partial charge in [0, 0.05) is 19.5 Å². The van der Waals surface area contributed by atoms with Crippen LogP contribution in [-0.4, -0.2) is 21.6 Å². The lowest BCUT2D eigenvalue weighted by Crippen LogP contribution is -2.40. The van der Waals surface area contributed by atoms with Gasteiger partial charge in [-0.1, -0.05) is 55.8 Å². The van der Waals surface area contributed by atoms with Gasteiger partial charge in [0.05, 0.1) is 17.4 Å². The summed E-state index contributed by atoms with van der Waals surface area (Å²) in [6.07, 6.45) is 2.58. The van der Waals surface area contributed by atoms with Crippen LogP contribution in [0.2, 0.25) is 0 Å². The number of unbranched alkanes of at least 4 members (excludes halogenated alkanes) is 1. The van der Waals surface area contributed by atoms with Crippen molar-refractivity contribution in [2.45, 2.75) is 59.5 Å². The molecule has 0 saturated carbocycles. The number of aryl methyl sites for hydroxylation is 1. The molecule has 170 valence electrons. The van der Waals surface area contributed by atoms with E-state index in [-0.39, 0.29) is 17.2 Å². The van der Waals surface area contributed by atoms with Crippen LogP contribution in [0.3, 0.4) is 0 Å². The molecule has 0 spiro atoms. The van der Waals surface area contributed by atoms with Gasteiger partial charge < -0.3 is 5.32 Å². The fraction of sp³-hybridized carbons (Fsp3) is 0.423. The van der Waals surface area contributed by atoms with Gasteiger partial charge in [0.15, 0.2) is 0 Å². The molecule has 0 aliphatic heterocycles. The lowest BCUT2D eigenvalue weighted by Gasteiger charge is -2.14. The number of carbonyl (C=O) groups is 1. The zero-order chi connectivity index (χ0) is 23.1. The van der Waals surface area contributed by atoms with Crippen molar-refractivity contribution in [2.75, 3.05) is 6.54 Å². The molecule has 6 heteroatoms. The number of hydrogen-bond acceptors (Lipinski definition) is 3. The first-order valence-corrected chi connectivity index (χ1v) is 11.4. The van der Waals surface area contributed by atoms with E-state index in [1.54, 1.807) is 10.6 Å². The van der Waals surface area contributed by atoms with Gasteiger partial charge in [0.1, 0.15) is 0 Å². The maximum absolute atomic E-state index is 13.3. The SMILES string of the molecule is Cc1ccc(Cn2c(=O)n(CCCCC(=O)NCCC(C)C)c(=O)c3ccccc32)cc1. The van der Waals surface area contributed by atoms with Crippen molar-refractivity contribution >= 4 is 16.8 Å². The molecule has 0 saturated heterocycles. The zero-order valence-corrected chi connectivity index (χ0v) is 19.3. The van der Waals surface area contributed by atoms with E-state index in [1.165, 1.54) is 4.57 Å². The molecule has 1 aromatic heterocycles. The zero-order valence-electron chi connectivity index (χ0n) is 19.3. The first-order chi connectivity index (χ1) is 15.4. The van der Waals surface area contributed by atoms with Crippen LogP contribution in [0.5, 0.6) is 0 Å². The Morgan fingerprint density at radius 3 is 2.41 bits per heavy atom. The molecule has 0 aliphatic carbocycles. The maximum atomic E-state index is 13.3. The van der Waals surface area contributed by atoms with Crippen molar-refractivity contribution in [3.05, 3.63) is 80.5 Å². The number of nitrogens with zero attached hydrogens (tertiary/aromatic N) is 2. The summed E-state index contributed by atoms with van der Waals surface area (Å²) in [4.78, 5) is 38.2. The number of rotatable bonds is 10. The Hall–Kier alpha value is -3.15. The Labute approximate surface area is 188 Å². The number of amides is 1. The molecule has 0 atom stereocenters. The average molecular weight is 436 g/mol. The number of fused-ring (bicyclic) bond motifs is 1. The number of nitrogens with one attached hydrogen (secondary N) is 1. The molecule has 3 aromatic rings. The van der Waals surface area contributed by atoms with Crippen LogP contribution in [0.25, 0.3) is 10.9 Å². The average Bonchev–Trinajstić information content (AvgIpc) is 2.77. The highest BCUT2D eigenvalue weighted by atomic mass is 16.2. The molecule has 3 rings (SSSR count). The van der Waals surface area contributed by atoms with Crippen molar-refractivity contribution in [1.29, 1.82) is 0 Å². The number of para-hydroxylation sites is 1. The first kappa shape index (κ1) is 23.5. The summed E-state index contributed by atoms with van der Waals surface area (Å²) in [5, 5.41) is 3.46. The molecular weight excluding hydrogens is 402 g/mol. The number of carbonyl (C=O) groups excluding carboxylic acids is 1. The Morgan fingerprint density at radius 2 is 1.69 bits per heavy atom. The topological polar surface area (TPSA) is 73.1 Å². The summed E-state index contributed by atoms with van der Waals surface area (Å²) < 4.78 is 2.98. The highest BCUT2D eigenvalue weighted by Crippen LogP contribution is 2.11. The van der Waals surface area contributed by atoms with Gasteiger partial charge in [-0.2, -0.15) is 0 Å². The van der Waals surface area contributed by atoms with Crippen LogP contribution < -0.4 is 16.6 Å². The summed E-state index contributed by atoms with van der Waals surface area (Å²) in [5.41, 5.74) is 2.22. The van der Waals surface area contributed by atoms with Gasteiger partial charge in [-0.25, -0.2) is 4.79 Å². The predicted octanol–water partition coefficient (Wildman–Crippen LogP) is 3.85. The predicted molar refractivity (Wildman–Crippen MR) is 129 cm³/mol. The number of hydrogen-bond donors (Lipinski definition) is 1. The smallest absolute Gasteiger partial charge is 0.331 e. The van der Waals surface area contributed by atoms with E-state index in [4.69, 9.17) is 0 Å². The van der Waals surface area contributed by atoms with Gasteiger partial charge in [-0.15, -0.1) is 0 Å². The quantitative estimate of drug-likeness (QED) is 0.492. The Bertz CT molecular complexity index is 1170. The third-order valence-corrected chi connectivity index (χ3v) is 5.67. The van der Waals surface area contributed by atoms with Crippen molar-refractivity contribution in [2.24, 2.45) is 5.92 Å². The molecule has 1 heterocycles. The largest absolute Gasteiger partial charge is 0.356 e. The molecule has 0 unspecified atom stereocenters. The van der Waals surface area contributed by atoms with Gasteiger partial charge in [-0.05, 0) is 49.8 Å². The molecule has 0 radical (unpaired) electrons. The minimum atomic E-state index is -0.310. The van der Waals surface area contributed by atoms with Crippen LogP contribution in [0.15, 0.2) is 58.1 Å². The molecule has 1 amide bonds. The van der Waals surface area contributed by atoms with Crippen LogP contribution in [-0.2, 0) is 17.9 Å². The second-order valence-corrected chi connectivity index (χ2v) is 8.82. The second-order valence-electron chi connectivity index (χ2n) is 8.82. The number of aromatic nitrogens is 2. The van der Waals surface area contributed by atoms with Gasteiger partial charge in [-0.3, -0.25) is 18.7 Å². The van der Waals surface area contributed by atoms with Crippen LogP contribution in [0, 0.1) is 12.8 Å². The standard InChI is InChI=1S/C26H33N3O3/c1-19(2)15-16-27-24(30)10-6-7-17-28-25(31)22-8-4-5-9-23(22)29(26(28)32)18-21-13-11-20(3)12-14-21/h4-5,8-9,11-14,19H,6-7,10,15-18H2,1-3H3,(H,27,30). The minimum absolute atomic E-state index is 0.0216. The van der Waals surface area contributed by atoms with Crippen molar-refractivity contribution in [3.63, 3.8) is 0 Å². The third-order valence-electron chi connectivity index (χ3n) is 5.67. The van der Waals surface area contributed by atoms with Gasteiger partial charge in [0.2, 0.25) is 5.91 Å². The summed E-state index contributed by atoms with van der Waals surface area (Å²) in [6.45, 7) is 7.66. The summed E-state index contributed by atoms with van der Waals surface area (Å²) in [5.74, 6) is 0.574. The van der Waals surface area contributed by atoms with Gasteiger partial charge >= 0.3 is 5.69 Å². The van der Waals surface area contributed by atoms with Crippen LogP contribution in [0.1, 0.15) is 50.7 Å². The lowest BCUT2D eigenvalue weighted by atomic mass is 10.1. The molecule has 1 N–H and O–H groups in total. The van der Waals surface area contributed by atoms with Crippen LogP contribution >= 0.6 is 0 Å². The fourth-order valence-electron chi connectivity index (χ4n) is 3.74. The summed E-state index contributed by atoms with van der Waals surface area (Å²) >= 11 is 0. The van der Waals surface area contributed by atoms with Crippen molar-refractivity contribution in [1.82, 2.24) is 14.5 Å². The van der Waals surface area contributed by atoms with E-state index in [1.807, 2.05) is 49.4 Å². The summed E-state index contributed by atoms with van der Waals surface area (Å²) in [6, 6.07) is 15.3. The maximum Gasteiger partial charge on any atom is 0.331 e. The third kappa shape index (κ3) is 5.96. The molecule has 2 aromatic carbocycles. The molecule has 6 nitrogen and oxygen atoms in total. The molecular formula is C26H33N3O3.